The highest BCUT2D eigenvalue weighted by atomic mass is 14.4. The molecule has 8 aromatic rings. The average Bonchev–Trinajstić information content (AvgIpc) is 3.36. The Hall–Kier alpha value is -5.72. The molecule has 0 N–H and O–H groups in total. The summed E-state index contributed by atoms with van der Waals surface area (Å²) in [6, 6.07) is 62.7. The lowest BCUT2D eigenvalue weighted by Crippen LogP contribution is -2.15. The first-order valence-corrected chi connectivity index (χ1v) is 16.5. The molecule has 0 radical (unpaired) electrons. The molecule has 47 heavy (non-hydrogen) atoms. The second-order valence-corrected chi connectivity index (χ2v) is 13.4. The van der Waals surface area contributed by atoms with Gasteiger partial charge in [-0.25, -0.2) is 0 Å². The van der Waals surface area contributed by atoms with Crippen molar-refractivity contribution in [2.75, 3.05) is 0 Å². The minimum absolute atomic E-state index is 0.111. The van der Waals surface area contributed by atoms with E-state index in [-0.39, 0.29) is 5.41 Å². The second kappa shape index (κ2) is 10.7. The lowest BCUT2D eigenvalue weighted by molar-refractivity contribution is 0.661. The molecule has 0 saturated carbocycles. The molecule has 0 aliphatic heterocycles. The van der Waals surface area contributed by atoms with E-state index < -0.39 is 0 Å². The minimum Gasteiger partial charge on any atom is -0.0616 e. The topological polar surface area (TPSA) is 0 Å². The van der Waals surface area contributed by atoms with Crippen LogP contribution in [0.1, 0.15) is 25.0 Å². The third-order valence-corrected chi connectivity index (χ3v) is 10.3. The van der Waals surface area contributed by atoms with Crippen molar-refractivity contribution in [3.8, 4) is 55.6 Å². The van der Waals surface area contributed by atoms with Gasteiger partial charge in [0.05, 0.1) is 0 Å². The normalized spacial score (nSPS) is 13.1. The fraction of sp³-hybridized carbons (Fsp3) is 0.0638. The zero-order valence-electron chi connectivity index (χ0n) is 26.7. The molecule has 0 saturated heterocycles. The van der Waals surface area contributed by atoms with Crippen LogP contribution in [0.4, 0.5) is 0 Å². The SMILES string of the molecule is CC1(C)c2cc(-c3cccc(-c4ccc5ccccc5c4)c3)ccc2-c2ccc(-c3cccc(-c4cccc5ccccc45)c3)cc21. The summed E-state index contributed by atoms with van der Waals surface area (Å²) < 4.78 is 0. The van der Waals surface area contributed by atoms with Crippen LogP contribution >= 0.6 is 0 Å². The highest BCUT2D eigenvalue weighted by Gasteiger charge is 2.35. The summed E-state index contributed by atoms with van der Waals surface area (Å²) in [5.74, 6) is 0. The molecule has 1 aliphatic rings. The minimum atomic E-state index is -0.111. The Morgan fingerprint density at radius 3 is 1.45 bits per heavy atom. The summed E-state index contributed by atoms with van der Waals surface area (Å²) in [5.41, 5.74) is 15.4. The zero-order valence-corrected chi connectivity index (χ0v) is 26.7. The summed E-state index contributed by atoms with van der Waals surface area (Å²) >= 11 is 0. The van der Waals surface area contributed by atoms with Gasteiger partial charge in [0.1, 0.15) is 0 Å². The Bertz CT molecular complexity index is 2490. The van der Waals surface area contributed by atoms with E-state index in [9.17, 15) is 0 Å². The Morgan fingerprint density at radius 1 is 0.298 bits per heavy atom. The Labute approximate surface area is 276 Å². The molecular weight excluding hydrogens is 565 g/mol. The maximum Gasteiger partial charge on any atom is 0.0159 e. The van der Waals surface area contributed by atoms with E-state index in [1.165, 1.54) is 88.3 Å². The fourth-order valence-corrected chi connectivity index (χ4v) is 7.69. The molecule has 0 bridgehead atoms. The molecule has 0 nitrogen and oxygen atoms in total. The van der Waals surface area contributed by atoms with E-state index in [1.54, 1.807) is 0 Å². The summed E-state index contributed by atoms with van der Waals surface area (Å²) in [4.78, 5) is 0. The van der Waals surface area contributed by atoms with Crippen LogP contribution in [0.3, 0.4) is 0 Å². The number of hydrogen-bond acceptors (Lipinski definition) is 0. The summed E-state index contributed by atoms with van der Waals surface area (Å²) in [7, 11) is 0. The molecule has 0 spiro atoms. The van der Waals surface area contributed by atoms with Gasteiger partial charge in [0, 0.05) is 5.41 Å². The van der Waals surface area contributed by atoms with Crippen LogP contribution in [0.15, 0.2) is 170 Å². The van der Waals surface area contributed by atoms with Crippen molar-refractivity contribution in [3.63, 3.8) is 0 Å². The van der Waals surface area contributed by atoms with Crippen molar-refractivity contribution in [1.82, 2.24) is 0 Å². The molecule has 0 fully saturated rings. The maximum atomic E-state index is 2.43. The monoisotopic (exact) mass is 598 g/mol. The maximum absolute atomic E-state index is 2.43. The van der Waals surface area contributed by atoms with Crippen LogP contribution in [-0.4, -0.2) is 0 Å². The largest absolute Gasteiger partial charge is 0.0616 e. The van der Waals surface area contributed by atoms with Gasteiger partial charge >= 0.3 is 0 Å². The van der Waals surface area contributed by atoms with E-state index in [0.29, 0.717) is 0 Å². The first kappa shape index (κ1) is 27.6. The highest BCUT2D eigenvalue weighted by molar-refractivity contribution is 5.97. The van der Waals surface area contributed by atoms with Crippen molar-refractivity contribution in [3.05, 3.63) is 181 Å². The summed E-state index contributed by atoms with van der Waals surface area (Å²) in [6.07, 6.45) is 0. The summed E-state index contributed by atoms with van der Waals surface area (Å²) in [6.45, 7) is 4.76. The van der Waals surface area contributed by atoms with Crippen molar-refractivity contribution < 1.29 is 0 Å². The van der Waals surface area contributed by atoms with E-state index in [1.807, 2.05) is 0 Å². The fourth-order valence-electron chi connectivity index (χ4n) is 7.69. The molecule has 222 valence electrons. The van der Waals surface area contributed by atoms with E-state index in [0.717, 1.165) is 0 Å². The van der Waals surface area contributed by atoms with Gasteiger partial charge in [-0.2, -0.15) is 0 Å². The molecule has 0 aromatic heterocycles. The van der Waals surface area contributed by atoms with Crippen molar-refractivity contribution >= 4 is 21.5 Å². The van der Waals surface area contributed by atoms with Gasteiger partial charge < -0.3 is 0 Å². The Kier molecular flexibility index (Phi) is 6.27. The van der Waals surface area contributed by atoms with Gasteiger partial charge in [0.2, 0.25) is 0 Å². The smallest absolute Gasteiger partial charge is 0.0159 e. The van der Waals surface area contributed by atoms with Crippen LogP contribution in [0.5, 0.6) is 0 Å². The predicted molar refractivity (Wildman–Crippen MR) is 201 cm³/mol. The molecule has 0 amide bonds. The first-order chi connectivity index (χ1) is 23.0. The predicted octanol–water partition coefficient (Wildman–Crippen LogP) is 13.0. The van der Waals surface area contributed by atoms with Gasteiger partial charge in [0.25, 0.3) is 0 Å². The molecule has 0 atom stereocenters. The van der Waals surface area contributed by atoms with E-state index in [2.05, 4.69) is 184 Å². The molecule has 8 aromatic carbocycles. The van der Waals surface area contributed by atoms with Crippen molar-refractivity contribution in [2.24, 2.45) is 0 Å². The number of fused-ring (bicyclic) bond motifs is 5. The Balaban J connectivity index is 1.07. The zero-order chi connectivity index (χ0) is 31.5. The lowest BCUT2D eigenvalue weighted by Gasteiger charge is -2.23. The quantitative estimate of drug-likeness (QED) is 0.189. The van der Waals surface area contributed by atoms with Gasteiger partial charge in [-0.1, -0.05) is 153 Å². The van der Waals surface area contributed by atoms with Gasteiger partial charge in [-0.15, -0.1) is 0 Å². The molecule has 0 unspecified atom stereocenters. The molecular formula is C47H34. The molecule has 0 heteroatoms. The average molecular weight is 599 g/mol. The molecule has 1 aliphatic carbocycles. The first-order valence-electron chi connectivity index (χ1n) is 16.5. The third kappa shape index (κ3) is 4.60. The van der Waals surface area contributed by atoms with Crippen LogP contribution < -0.4 is 0 Å². The van der Waals surface area contributed by atoms with Crippen molar-refractivity contribution in [2.45, 2.75) is 19.3 Å². The van der Waals surface area contributed by atoms with Gasteiger partial charge in [0.15, 0.2) is 0 Å². The number of rotatable bonds is 4. The lowest BCUT2D eigenvalue weighted by atomic mass is 9.80. The van der Waals surface area contributed by atoms with E-state index >= 15 is 0 Å². The van der Waals surface area contributed by atoms with Crippen molar-refractivity contribution in [1.29, 1.82) is 0 Å². The van der Waals surface area contributed by atoms with Crippen LogP contribution in [0.2, 0.25) is 0 Å². The van der Waals surface area contributed by atoms with E-state index in [4.69, 9.17) is 0 Å². The van der Waals surface area contributed by atoms with Crippen LogP contribution in [0, 0.1) is 0 Å². The summed E-state index contributed by atoms with van der Waals surface area (Å²) in [5, 5.41) is 5.10. The van der Waals surface area contributed by atoms with Crippen LogP contribution in [0.25, 0.3) is 77.2 Å². The standard InChI is InChI=1S/C47H34/c1-47(2)45-29-38(35-15-7-14-34(27-35)37-21-20-31-10-3-4-12-33(31)26-37)22-24-43(45)44-25-23-39(30-46(44)47)36-16-8-17-40(28-36)42-19-9-13-32-11-5-6-18-41(32)42/h3-30H,1-2H3. The molecule has 9 rings (SSSR count). The van der Waals surface area contributed by atoms with Crippen LogP contribution in [-0.2, 0) is 5.41 Å². The second-order valence-electron chi connectivity index (χ2n) is 13.4. The number of benzene rings is 8. The highest BCUT2D eigenvalue weighted by Crippen LogP contribution is 2.51. The Morgan fingerprint density at radius 2 is 0.766 bits per heavy atom. The molecule has 0 heterocycles. The third-order valence-electron chi connectivity index (χ3n) is 10.3. The van der Waals surface area contributed by atoms with Gasteiger partial charge in [-0.3, -0.25) is 0 Å². The van der Waals surface area contributed by atoms with Gasteiger partial charge in [-0.05, 0) is 119 Å². The number of hydrogen-bond donors (Lipinski definition) is 0.